The number of fused-ring (bicyclic) bond motifs is 2. The van der Waals surface area contributed by atoms with Gasteiger partial charge < -0.3 is 15.5 Å². The maximum absolute atomic E-state index is 12.7. The van der Waals surface area contributed by atoms with Crippen LogP contribution in [0.15, 0.2) is 24.3 Å². The van der Waals surface area contributed by atoms with Crippen LogP contribution in [-0.2, 0) is 4.79 Å². The Morgan fingerprint density at radius 1 is 1.04 bits per heavy atom. The van der Waals surface area contributed by atoms with Crippen molar-refractivity contribution in [2.75, 3.05) is 23.3 Å². The molecule has 2 bridgehead atoms. The summed E-state index contributed by atoms with van der Waals surface area (Å²) in [6.45, 7) is 2.20. The number of hydrogen-bond donors (Lipinski definition) is 2. The summed E-state index contributed by atoms with van der Waals surface area (Å²) in [6.07, 6.45) is 10.7. The molecule has 0 aliphatic carbocycles. The first kappa shape index (κ1) is 16.9. The summed E-state index contributed by atoms with van der Waals surface area (Å²) in [5, 5.41) is 6.89. The zero-order valence-corrected chi connectivity index (χ0v) is 15.2. The highest BCUT2D eigenvalue weighted by Gasteiger charge is 2.34. The molecule has 0 radical (unpaired) electrons. The second kappa shape index (κ2) is 7.77. The van der Waals surface area contributed by atoms with Crippen LogP contribution in [-0.4, -0.2) is 31.1 Å². The molecule has 0 aromatic heterocycles. The van der Waals surface area contributed by atoms with Crippen LogP contribution in [0.5, 0.6) is 0 Å². The van der Waals surface area contributed by atoms with E-state index in [0.29, 0.717) is 24.4 Å². The highest BCUT2D eigenvalue weighted by atomic mass is 16.1. The van der Waals surface area contributed by atoms with Crippen LogP contribution in [0.3, 0.4) is 0 Å². The molecule has 0 spiro atoms. The molecule has 4 rings (SSSR count). The molecule has 3 aliphatic heterocycles. The monoisotopic (exact) mass is 341 g/mol. The van der Waals surface area contributed by atoms with E-state index in [9.17, 15) is 4.79 Å². The topological polar surface area (TPSA) is 44.4 Å². The maximum Gasteiger partial charge on any atom is 0.224 e. The maximum atomic E-state index is 12.7. The first-order valence-corrected chi connectivity index (χ1v) is 10.2. The van der Waals surface area contributed by atoms with Crippen LogP contribution in [0.1, 0.15) is 57.8 Å². The number of rotatable bonds is 4. The Morgan fingerprint density at radius 2 is 1.72 bits per heavy atom. The molecule has 3 aliphatic rings. The Labute approximate surface area is 151 Å². The molecular formula is C21H31N3O. The number of hydrogen-bond acceptors (Lipinski definition) is 3. The van der Waals surface area contributed by atoms with Gasteiger partial charge in [0.1, 0.15) is 0 Å². The number of para-hydroxylation sites is 2. The van der Waals surface area contributed by atoms with Crippen LogP contribution >= 0.6 is 0 Å². The highest BCUT2D eigenvalue weighted by molar-refractivity contribution is 5.94. The van der Waals surface area contributed by atoms with Crippen molar-refractivity contribution in [2.24, 2.45) is 5.92 Å². The van der Waals surface area contributed by atoms with Crippen LogP contribution in [0, 0.1) is 5.92 Å². The Morgan fingerprint density at radius 3 is 2.44 bits per heavy atom. The largest absolute Gasteiger partial charge is 0.370 e. The lowest BCUT2D eigenvalue weighted by Gasteiger charge is -2.29. The van der Waals surface area contributed by atoms with Crippen molar-refractivity contribution in [3.63, 3.8) is 0 Å². The third-order valence-electron chi connectivity index (χ3n) is 6.17. The van der Waals surface area contributed by atoms with E-state index in [2.05, 4.69) is 33.7 Å². The molecular weight excluding hydrogens is 310 g/mol. The predicted octanol–water partition coefficient (Wildman–Crippen LogP) is 3.93. The van der Waals surface area contributed by atoms with Gasteiger partial charge in [0.15, 0.2) is 0 Å². The van der Waals surface area contributed by atoms with Gasteiger partial charge in [0.25, 0.3) is 0 Å². The fourth-order valence-corrected chi connectivity index (χ4v) is 4.97. The predicted molar refractivity (Wildman–Crippen MR) is 103 cm³/mol. The zero-order valence-electron chi connectivity index (χ0n) is 15.2. The van der Waals surface area contributed by atoms with Crippen molar-refractivity contribution in [3.8, 4) is 0 Å². The third-order valence-corrected chi connectivity index (χ3v) is 6.17. The minimum absolute atomic E-state index is 0.188. The number of amides is 1. The number of carbonyl (C=O) groups excluding carboxylic acids is 1. The van der Waals surface area contributed by atoms with Crippen LogP contribution < -0.4 is 15.5 Å². The normalized spacial score (nSPS) is 29.3. The minimum Gasteiger partial charge on any atom is -0.370 e. The smallest absolute Gasteiger partial charge is 0.224 e. The zero-order chi connectivity index (χ0) is 17.1. The number of benzene rings is 1. The Bertz CT molecular complexity index is 583. The molecule has 1 aromatic rings. The van der Waals surface area contributed by atoms with E-state index in [0.717, 1.165) is 31.6 Å². The van der Waals surface area contributed by atoms with Crippen molar-refractivity contribution in [3.05, 3.63) is 24.3 Å². The number of piperidine rings is 1. The van der Waals surface area contributed by atoms with Gasteiger partial charge in [0.2, 0.25) is 5.91 Å². The van der Waals surface area contributed by atoms with Crippen molar-refractivity contribution < 1.29 is 4.79 Å². The summed E-state index contributed by atoms with van der Waals surface area (Å²) in [6, 6.07) is 9.64. The number of nitrogens with one attached hydrogen (secondary N) is 2. The van der Waals surface area contributed by atoms with E-state index >= 15 is 0 Å². The Kier molecular flexibility index (Phi) is 5.25. The van der Waals surface area contributed by atoms with Crippen molar-refractivity contribution in [1.29, 1.82) is 0 Å². The summed E-state index contributed by atoms with van der Waals surface area (Å²) >= 11 is 0. The summed E-state index contributed by atoms with van der Waals surface area (Å²) < 4.78 is 0. The molecule has 136 valence electrons. The molecule has 25 heavy (non-hydrogen) atoms. The first-order chi connectivity index (χ1) is 12.3. The van der Waals surface area contributed by atoms with Gasteiger partial charge in [-0.25, -0.2) is 0 Å². The SMILES string of the molecule is O=C(CC1CC2CCC(C1)N2)Nc1ccccc1N1CCCCCC1. The van der Waals surface area contributed by atoms with Crippen molar-refractivity contribution >= 4 is 17.3 Å². The first-order valence-electron chi connectivity index (χ1n) is 10.2. The minimum atomic E-state index is 0.188. The summed E-state index contributed by atoms with van der Waals surface area (Å²) in [4.78, 5) is 15.1. The van der Waals surface area contributed by atoms with E-state index in [-0.39, 0.29) is 5.91 Å². The summed E-state index contributed by atoms with van der Waals surface area (Å²) in [5.41, 5.74) is 2.19. The lowest BCUT2D eigenvalue weighted by atomic mass is 9.89. The average Bonchev–Trinajstić information content (AvgIpc) is 2.81. The fourth-order valence-electron chi connectivity index (χ4n) is 4.97. The van der Waals surface area contributed by atoms with Crippen molar-refractivity contribution in [2.45, 2.75) is 69.9 Å². The third kappa shape index (κ3) is 4.17. The number of carbonyl (C=O) groups is 1. The summed E-state index contributed by atoms with van der Waals surface area (Å²) in [5.74, 6) is 0.734. The lowest BCUT2D eigenvalue weighted by Crippen LogP contribution is -2.39. The Balaban J connectivity index is 1.39. The number of nitrogens with zero attached hydrogens (tertiary/aromatic N) is 1. The molecule has 3 fully saturated rings. The van der Waals surface area contributed by atoms with Crippen LogP contribution in [0.25, 0.3) is 0 Å². The van der Waals surface area contributed by atoms with E-state index < -0.39 is 0 Å². The van der Waals surface area contributed by atoms with Crippen LogP contribution in [0.4, 0.5) is 11.4 Å². The second-order valence-corrected chi connectivity index (χ2v) is 8.15. The molecule has 4 nitrogen and oxygen atoms in total. The fraction of sp³-hybridized carbons (Fsp3) is 0.667. The average molecular weight is 341 g/mol. The van der Waals surface area contributed by atoms with Gasteiger partial charge in [0, 0.05) is 31.6 Å². The van der Waals surface area contributed by atoms with E-state index in [1.807, 2.05) is 6.07 Å². The quantitative estimate of drug-likeness (QED) is 0.872. The molecule has 3 saturated heterocycles. The van der Waals surface area contributed by atoms with Gasteiger partial charge in [-0.1, -0.05) is 25.0 Å². The van der Waals surface area contributed by atoms with Crippen molar-refractivity contribution in [1.82, 2.24) is 5.32 Å². The van der Waals surface area contributed by atoms with Gasteiger partial charge in [-0.05, 0) is 56.6 Å². The van der Waals surface area contributed by atoms with E-state index in [1.54, 1.807) is 0 Å². The molecule has 0 saturated carbocycles. The van der Waals surface area contributed by atoms with Gasteiger partial charge in [-0.15, -0.1) is 0 Å². The van der Waals surface area contributed by atoms with Gasteiger partial charge in [-0.3, -0.25) is 4.79 Å². The lowest BCUT2D eigenvalue weighted by molar-refractivity contribution is -0.117. The molecule has 2 N–H and O–H groups in total. The molecule has 1 amide bonds. The second-order valence-electron chi connectivity index (χ2n) is 8.15. The molecule has 2 atom stereocenters. The van der Waals surface area contributed by atoms with E-state index in [4.69, 9.17) is 0 Å². The van der Waals surface area contributed by atoms with Gasteiger partial charge in [0.05, 0.1) is 11.4 Å². The molecule has 1 aromatic carbocycles. The number of anilines is 2. The van der Waals surface area contributed by atoms with Gasteiger partial charge in [-0.2, -0.15) is 0 Å². The highest BCUT2D eigenvalue weighted by Crippen LogP contribution is 2.33. The standard InChI is InChI=1S/C21H31N3O/c25-21(15-16-13-17-9-10-18(14-16)22-17)23-19-7-3-4-8-20(19)24-11-5-1-2-6-12-24/h3-4,7-8,16-18,22H,1-2,5-6,9-15H2,(H,23,25). The molecule has 4 heteroatoms. The van der Waals surface area contributed by atoms with Crippen LogP contribution in [0.2, 0.25) is 0 Å². The van der Waals surface area contributed by atoms with E-state index in [1.165, 1.54) is 44.2 Å². The molecule has 3 heterocycles. The summed E-state index contributed by atoms with van der Waals surface area (Å²) in [7, 11) is 0. The molecule has 2 unspecified atom stereocenters. The Hall–Kier alpha value is -1.55. The van der Waals surface area contributed by atoms with Gasteiger partial charge >= 0.3 is 0 Å².